The molecule has 0 N–H and O–H groups in total. The SMILES string of the molecule is CC1(C)COC(c2cnc3cncnc3n2)=N1. The van der Waals surface area contributed by atoms with Crippen molar-refractivity contribution in [3.05, 3.63) is 24.4 Å². The van der Waals surface area contributed by atoms with E-state index in [4.69, 9.17) is 4.74 Å². The molecular formula is C11H11N5O. The molecule has 6 nitrogen and oxygen atoms in total. The van der Waals surface area contributed by atoms with Crippen molar-refractivity contribution in [1.29, 1.82) is 0 Å². The van der Waals surface area contributed by atoms with E-state index in [1.165, 1.54) is 6.33 Å². The van der Waals surface area contributed by atoms with Crippen molar-refractivity contribution < 1.29 is 4.74 Å². The summed E-state index contributed by atoms with van der Waals surface area (Å²) in [5.74, 6) is 0.531. The average molecular weight is 229 g/mol. The first-order valence-corrected chi connectivity index (χ1v) is 5.30. The lowest BCUT2D eigenvalue weighted by Gasteiger charge is -2.07. The van der Waals surface area contributed by atoms with Crippen LogP contribution >= 0.6 is 0 Å². The van der Waals surface area contributed by atoms with E-state index in [1.54, 1.807) is 12.4 Å². The highest BCUT2D eigenvalue weighted by molar-refractivity contribution is 5.94. The Morgan fingerprint density at radius 2 is 2.12 bits per heavy atom. The van der Waals surface area contributed by atoms with E-state index >= 15 is 0 Å². The molecule has 1 aliphatic rings. The molecule has 0 amide bonds. The fourth-order valence-corrected chi connectivity index (χ4v) is 1.59. The standard InChI is InChI=1S/C11H11N5O/c1-11(2)5-17-10(16-11)8-4-13-7-3-12-6-14-9(7)15-8/h3-4,6H,5H2,1-2H3. The van der Waals surface area contributed by atoms with Crippen LogP contribution in [0.25, 0.3) is 11.2 Å². The zero-order chi connectivity index (χ0) is 11.9. The van der Waals surface area contributed by atoms with Crippen LogP contribution < -0.4 is 0 Å². The van der Waals surface area contributed by atoms with E-state index in [2.05, 4.69) is 24.9 Å². The molecule has 2 aromatic heterocycles. The summed E-state index contributed by atoms with van der Waals surface area (Å²) >= 11 is 0. The lowest BCUT2D eigenvalue weighted by Crippen LogP contribution is -2.17. The van der Waals surface area contributed by atoms with E-state index in [0.29, 0.717) is 29.4 Å². The number of fused-ring (bicyclic) bond motifs is 1. The molecule has 0 bridgehead atoms. The number of ether oxygens (including phenoxy) is 1. The van der Waals surface area contributed by atoms with Crippen LogP contribution in [0.4, 0.5) is 0 Å². The number of hydrogen-bond donors (Lipinski definition) is 0. The summed E-state index contributed by atoms with van der Waals surface area (Å²) in [7, 11) is 0. The topological polar surface area (TPSA) is 73.2 Å². The highest BCUT2D eigenvalue weighted by Crippen LogP contribution is 2.19. The van der Waals surface area contributed by atoms with Crippen molar-refractivity contribution >= 4 is 17.1 Å². The maximum atomic E-state index is 5.51. The summed E-state index contributed by atoms with van der Waals surface area (Å²) < 4.78 is 5.51. The Hall–Kier alpha value is -2.11. The molecule has 0 aliphatic carbocycles. The Morgan fingerprint density at radius 1 is 1.24 bits per heavy atom. The maximum Gasteiger partial charge on any atom is 0.237 e. The molecule has 86 valence electrons. The van der Waals surface area contributed by atoms with Crippen LogP contribution in [0.2, 0.25) is 0 Å². The Kier molecular flexibility index (Phi) is 2.04. The van der Waals surface area contributed by atoms with Gasteiger partial charge < -0.3 is 4.74 Å². The molecule has 0 fully saturated rings. The largest absolute Gasteiger partial charge is 0.474 e. The molecule has 0 saturated carbocycles. The van der Waals surface area contributed by atoms with Gasteiger partial charge in [0.1, 0.15) is 24.1 Å². The maximum absolute atomic E-state index is 5.51. The fraction of sp³-hybridized carbons (Fsp3) is 0.364. The third-order valence-corrected chi connectivity index (χ3v) is 2.41. The molecule has 6 heteroatoms. The van der Waals surface area contributed by atoms with Crippen molar-refractivity contribution in [1.82, 2.24) is 19.9 Å². The van der Waals surface area contributed by atoms with Crippen LogP contribution in [-0.2, 0) is 4.74 Å². The Morgan fingerprint density at radius 3 is 2.88 bits per heavy atom. The van der Waals surface area contributed by atoms with Crippen LogP contribution in [0.3, 0.4) is 0 Å². The zero-order valence-corrected chi connectivity index (χ0v) is 9.58. The summed E-state index contributed by atoms with van der Waals surface area (Å²) in [5.41, 5.74) is 1.63. The van der Waals surface area contributed by atoms with Crippen LogP contribution in [0.1, 0.15) is 19.5 Å². The van der Waals surface area contributed by atoms with Crippen LogP contribution in [-0.4, -0.2) is 38.0 Å². The van der Waals surface area contributed by atoms with Gasteiger partial charge in [0, 0.05) is 0 Å². The highest BCUT2D eigenvalue weighted by atomic mass is 16.5. The Balaban J connectivity index is 2.07. The molecule has 3 rings (SSSR count). The molecule has 1 aliphatic heterocycles. The van der Waals surface area contributed by atoms with Gasteiger partial charge in [-0.15, -0.1) is 0 Å². The molecule has 0 aromatic carbocycles. The third kappa shape index (κ3) is 1.82. The lowest BCUT2D eigenvalue weighted by molar-refractivity contribution is 0.279. The van der Waals surface area contributed by atoms with Crippen LogP contribution in [0.5, 0.6) is 0 Å². The minimum atomic E-state index is -0.197. The summed E-state index contributed by atoms with van der Waals surface area (Å²) in [6, 6.07) is 0. The van der Waals surface area contributed by atoms with Gasteiger partial charge in [0.15, 0.2) is 5.65 Å². The molecule has 3 heterocycles. The van der Waals surface area contributed by atoms with E-state index in [0.717, 1.165) is 0 Å². The summed E-state index contributed by atoms with van der Waals surface area (Å²) in [6.07, 6.45) is 4.70. The molecule has 0 spiro atoms. The van der Waals surface area contributed by atoms with Crippen molar-refractivity contribution in [3.63, 3.8) is 0 Å². The predicted octanol–water partition coefficient (Wildman–Crippen LogP) is 0.975. The number of hydrogen-bond acceptors (Lipinski definition) is 6. The van der Waals surface area contributed by atoms with Gasteiger partial charge in [-0.2, -0.15) is 0 Å². The molecule has 2 aromatic rings. The summed E-state index contributed by atoms with van der Waals surface area (Å²) in [6.45, 7) is 4.58. The van der Waals surface area contributed by atoms with Gasteiger partial charge in [0.2, 0.25) is 5.90 Å². The molecular weight excluding hydrogens is 218 g/mol. The van der Waals surface area contributed by atoms with E-state index in [1.807, 2.05) is 13.8 Å². The average Bonchev–Trinajstić information content (AvgIpc) is 2.69. The monoisotopic (exact) mass is 229 g/mol. The first-order chi connectivity index (χ1) is 8.14. The second kappa shape index (κ2) is 3.44. The number of nitrogens with zero attached hydrogens (tertiary/aromatic N) is 5. The molecule has 17 heavy (non-hydrogen) atoms. The summed E-state index contributed by atoms with van der Waals surface area (Å²) in [4.78, 5) is 21.0. The van der Waals surface area contributed by atoms with Gasteiger partial charge in [-0.1, -0.05) is 0 Å². The summed E-state index contributed by atoms with van der Waals surface area (Å²) in [5, 5.41) is 0. The molecule has 0 radical (unpaired) electrons. The van der Waals surface area contributed by atoms with Crippen LogP contribution in [0.15, 0.2) is 23.7 Å². The predicted molar refractivity (Wildman–Crippen MR) is 61.7 cm³/mol. The van der Waals surface area contributed by atoms with Crippen molar-refractivity contribution in [3.8, 4) is 0 Å². The first-order valence-electron chi connectivity index (χ1n) is 5.30. The Bertz CT molecular complexity index is 608. The second-order valence-electron chi connectivity index (χ2n) is 4.50. The minimum Gasteiger partial charge on any atom is -0.474 e. The van der Waals surface area contributed by atoms with E-state index in [9.17, 15) is 0 Å². The Labute approximate surface area is 97.8 Å². The first kappa shape index (κ1) is 10.1. The van der Waals surface area contributed by atoms with Gasteiger partial charge in [-0.05, 0) is 13.8 Å². The quantitative estimate of drug-likeness (QED) is 0.728. The van der Waals surface area contributed by atoms with Gasteiger partial charge >= 0.3 is 0 Å². The minimum absolute atomic E-state index is 0.197. The van der Waals surface area contributed by atoms with Crippen molar-refractivity contribution in [2.75, 3.05) is 6.61 Å². The second-order valence-corrected chi connectivity index (χ2v) is 4.50. The highest BCUT2D eigenvalue weighted by Gasteiger charge is 2.28. The molecule has 0 saturated heterocycles. The lowest BCUT2D eigenvalue weighted by atomic mass is 10.1. The molecule has 0 unspecified atom stereocenters. The van der Waals surface area contributed by atoms with Gasteiger partial charge in [-0.25, -0.2) is 24.9 Å². The van der Waals surface area contributed by atoms with E-state index < -0.39 is 0 Å². The number of aliphatic imine (C=N–C) groups is 1. The number of aromatic nitrogens is 4. The van der Waals surface area contributed by atoms with Crippen molar-refractivity contribution in [2.45, 2.75) is 19.4 Å². The van der Waals surface area contributed by atoms with Gasteiger partial charge in [0.05, 0.1) is 17.9 Å². The normalized spacial score (nSPS) is 17.9. The number of rotatable bonds is 1. The molecule has 0 atom stereocenters. The smallest absolute Gasteiger partial charge is 0.237 e. The zero-order valence-electron chi connectivity index (χ0n) is 9.58. The fourth-order valence-electron chi connectivity index (χ4n) is 1.59. The van der Waals surface area contributed by atoms with E-state index in [-0.39, 0.29) is 5.54 Å². The third-order valence-electron chi connectivity index (χ3n) is 2.41. The van der Waals surface area contributed by atoms with Crippen molar-refractivity contribution in [2.24, 2.45) is 4.99 Å². The van der Waals surface area contributed by atoms with Gasteiger partial charge in [-0.3, -0.25) is 0 Å². The van der Waals surface area contributed by atoms with Crippen LogP contribution in [0, 0.1) is 0 Å². The van der Waals surface area contributed by atoms with Gasteiger partial charge in [0.25, 0.3) is 0 Å².